The van der Waals surface area contributed by atoms with Crippen molar-refractivity contribution in [1.82, 2.24) is 10.3 Å². The van der Waals surface area contributed by atoms with Crippen molar-refractivity contribution in [2.75, 3.05) is 6.54 Å². The monoisotopic (exact) mass is 242 g/mol. The van der Waals surface area contributed by atoms with Crippen LogP contribution in [0, 0.1) is 11.8 Å². The number of nitrogens with one attached hydrogen (secondary N) is 1. The molecule has 17 heavy (non-hydrogen) atoms. The molecule has 0 spiro atoms. The van der Waals surface area contributed by atoms with Gasteiger partial charge in [0.25, 0.3) is 5.91 Å². The molecule has 0 unspecified atom stereocenters. The summed E-state index contributed by atoms with van der Waals surface area (Å²) < 4.78 is 25.9. The van der Waals surface area contributed by atoms with Gasteiger partial charge in [-0.1, -0.05) is 26.2 Å². The van der Waals surface area contributed by atoms with Gasteiger partial charge >= 0.3 is 0 Å². The molecule has 5 heteroatoms. The number of hydrogen-bond donors (Lipinski definition) is 1. The van der Waals surface area contributed by atoms with Gasteiger partial charge in [-0.3, -0.25) is 4.79 Å². The van der Waals surface area contributed by atoms with Gasteiger partial charge in [-0.15, -0.1) is 0 Å². The maximum atomic E-state index is 13.2. The van der Waals surface area contributed by atoms with Crippen molar-refractivity contribution in [1.29, 1.82) is 0 Å². The van der Waals surface area contributed by atoms with E-state index in [9.17, 15) is 13.6 Å². The van der Waals surface area contributed by atoms with Gasteiger partial charge in [-0.05, 0) is 12.5 Å². The van der Waals surface area contributed by atoms with E-state index in [1.165, 1.54) is 6.07 Å². The Morgan fingerprint density at radius 2 is 2.12 bits per heavy atom. The summed E-state index contributed by atoms with van der Waals surface area (Å²) in [4.78, 5) is 14.6. The van der Waals surface area contributed by atoms with Gasteiger partial charge in [0, 0.05) is 12.7 Å². The highest BCUT2D eigenvalue weighted by Gasteiger charge is 2.15. The quantitative estimate of drug-likeness (QED) is 0.615. The second-order valence-electron chi connectivity index (χ2n) is 3.78. The van der Waals surface area contributed by atoms with Crippen LogP contribution < -0.4 is 5.32 Å². The summed E-state index contributed by atoms with van der Waals surface area (Å²) in [5.41, 5.74) is -0.298. The van der Waals surface area contributed by atoms with Gasteiger partial charge in [0.15, 0.2) is 5.82 Å². The zero-order valence-electron chi connectivity index (χ0n) is 9.80. The molecule has 0 atom stereocenters. The predicted octanol–water partition coefficient (Wildman–Crippen LogP) is 2.67. The summed E-state index contributed by atoms with van der Waals surface area (Å²) in [5, 5.41) is 2.55. The smallest absolute Gasteiger partial charge is 0.254 e. The van der Waals surface area contributed by atoms with Crippen molar-refractivity contribution in [3.8, 4) is 0 Å². The number of unbranched alkanes of at least 4 members (excludes halogenated alkanes) is 3. The minimum atomic E-state index is -1.25. The number of amides is 1. The summed E-state index contributed by atoms with van der Waals surface area (Å²) in [6.45, 7) is 2.57. The van der Waals surface area contributed by atoms with E-state index >= 15 is 0 Å². The average Bonchev–Trinajstić information content (AvgIpc) is 2.32. The van der Waals surface area contributed by atoms with Crippen molar-refractivity contribution >= 4 is 5.91 Å². The Bertz CT molecular complexity index is 383. The van der Waals surface area contributed by atoms with Gasteiger partial charge in [0.05, 0.1) is 5.56 Å². The first-order chi connectivity index (χ1) is 8.16. The molecule has 1 heterocycles. The molecule has 0 saturated carbocycles. The number of hydrogen-bond acceptors (Lipinski definition) is 2. The molecular formula is C12H16F2N2O. The number of pyridine rings is 1. The molecule has 0 aliphatic rings. The maximum Gasteiger partial charge on any atom is 0.254 e. The van der Waals surface area contributed by atoms with Crippen LogP contribution in [0.4, 0.5) is 8.78 Å². The highest BCUT2D eigenvalue weighted by atomic mass is 19.2. The van der Waals surface area contributed by atoms with Gasteiger partial charge < -0.3 is 5.32 Å². The Hall–Kier alpha value is -1.52. The number of aromatic nitrogens is 1. The lowest BCUT2D eigenvalue weighted by molar-refractivity contribution is 0.0947. The summed E-state index contributed by atoms with van der Waals surface area (Å²) in [6.07, 6.45) is 5.15. The fourth-order valence-corrected chi connectivity index (χ4v) is 1.44. The van der Waals surface area contributed by atoms with Crippen LogP contribution in [0.2, 0.25) is 0 Å². The molecule has 3 nitrogen and oxygen atoms in total. The van der Waals surface area contributed by atoms with Crippen LogP contribution in [0.1, 0.15) is 43.0 Å². The molecule has 94 valence electrons. The van der Waals surface area contributed by atoms with Crippen molar-refractivity contribution in [2.45, 2.75) is 32.6 Å². The SMILES string of the molecule is CCCCCCNC(=O)c1ccnc(F)c1F. The van der Waals surface area contributed by atoms with E-state index in [1.54, 1.807) is 0 Å². The summed E-state index contributed by atoms with van der Waals surface area (Å²) >= 11 is 0. The van der Waals surface area contributed by atoms with Crippen molar-refractivity contribution < 1.29 is 13.6 Å². The van der Waals surface area contributed by atoms with Crippen molar-refractivity contribution in [3.05, 3.63) is 29.6 Å². The third kappa shape index (κ3) is 4.09. The van der Waals surface area contributed by atoms with E-state index in [2.05, 4.69) is 17.2 Å². The molecule has 0 saturated heterocycles. The van der Waals surface area contributed by atoms with Gasteiger partial charge in [0.1, 0.15) is 0 Å². The predicted molar refractivity (Wildman–Crippen MR) is 60.6 cm³/mol. The van der Waals surface area contributed by atoms with Crippen molar-refractivity contribution in [3.63, 3.8) is 0 Å². The highest BCUT2D eigenvalue weighted by molar-refractivity contribution is 5.94. The molecule has 0 aliphatic carbocycles. The number of rotatable bonds is 6. The van der Waals surface area contributed by atoms with Crippen LogP contribution in [0.3, 0.4) is 0 Å². The minimum absolute atomic E-state index is 0.298. The van der Waals surface area contributed by atoms with Gasteiger partial charge in [-0.25, -0.2) is 9.37 Å². The molecule has 1 rings (SSSR count). The van der Waals surface area contributed by atoms with Gasteiger partial charge in [-0.2, -0.15) is 4.39 Å². The normalized spacial score (nSPS) is 10.3. The number of carbonyl (C=O) groups excluding carboxylic acids is 1. The highest BCUT2D eigenvalue weighted by Crippen LogP contribution is 2.08. The van der Waals surface area contributed by atoms with Crippen molar-refractivity contribution in [2.24, 2.45) is 0 Å². The fraction of sp³-hybridized carbons (Fsp3) is 0.500. The Labute approximate surface area is 99.2 Å². The summed E-state index contributed by atoms with van der Waals surface area (Å²) in [5.74, 6) is -3.04. The van der Waals surface area contributed by atoms with Crippen LogP contribution in [0.5, 0.6) is 0 Å². The molecule has 0 radical (unpaired) electrons. The lowest BCUT2D eigenvalue weighted by atomic mass is 10.2. The zero-order chi connectivity index (χ0) is 12.7. The summed E-state index contributed by atoms with van der Waals surface area (Å²) in [7, 11) is 0. The minimum Gasteiger partial charge on any atom is -0.352 e. The molecule has 1 aromatic heterocycles. The van der Waals surface area contributed by atoms with Gasteiger partial charge in [0.2, 0.25) is 5.95 Å². The first kappa shape index (κ1) is 13.5. The van der Waals surface area contributed by atoms with Crippen LogP contribution >= 0.6 is 0 Å². The zero-order valence-corrected chi connectivity index (χ0v) is 9.80. The Kier molecular flexibility index (Phi) is 5.52. The average molecular weight is 242 g/mol. The van der Waals surface area contributed by atoms with Crippen LogP contribution in [-0.4, -0.2) is 17.4 Å². The van der Waals surface area contributed by atoms with E-state index in [0.29, 0.717) is 6.54 Å². The first-order valence-corrected chi connectivity index (χ1v) is 5.75. The molecule has 0 aromatic carbocycles. The molecule has 0 bridgehead atoms. The standard InChI is InChI=1S/C12H16F2N2O/c1-2-3-4-5-7-16-12(17)9-6-8-15-11(14)10(9)13/h6,8H,2-5,7H2,1H3,(H,16,17). The topological polar surface area (TPSA) is 42.0 Å². The van der Waals surface area contributed by atoms with E-state index in [0.717, 1.165) is 31.9 Å². The second-order valence-corrected chi connectivity index (χ2v) is 3.78. The van der Waals surface area contributed by atoms with E-state index in [4.69, 9.17) is 0 Å². The molecule has 0 aliphatic heterocycles. The second kappa shape index (κ2) is 6.93. The lowest BCUT2D eigenvalue weighted by Crippen LogP contribution is -2.25. The first-order valence-electron chi connectivity index (χ1n) is 5.75. The largest absolute Gasteiger partial charge is 0.352 e. The van der Waals surface area contributed by atoms with E-state index in [1.807, 2.05) is 0 Å². The third-order valence-corrected chi connectivity index (χ3v) is 2.41. The summed E-state index contributed by atoms with van der Waals surface area (Å²) in [6, 6.07) is 1.17. The van der Waals surface area contributed by atoms with Crippen LogP contribution in [0.15, 0.2) is 12.3 Å². The number of carbonyl (C=O) groups is 1. The van der Waals surface area contributed by atoms with E-state index < -0.39 is 17.7 Å². The Morgan fingerprint density at radius 1 is 1.35 bits per heavy atom. The Balaban J connectivity index is 2.44. The molecule has 0 fully saturated rings. The molecular weight excluding hydrogens is 226 g/mol. The molecule has 1 N–H and O–H groups in total. The Morgan fingerprint density at radius 3 is 2.82 bits per heavy atom. The lowest BCUT2D eigenvalue weighted by Gasteiger charge is -2.05. The van der Waals surface area contributed by atoms with Crippen LogP contribution in [0.25, 0.3) is 0 Å². The van der Waals surface area contributed by atoms with Crippen LogP contribution in [-0.2, 0) is 0 Å². The number of nitrogens with zero attached hydrogens (tertiary/aromatic N) is 1. The molecule has 1 amide bonds. The third-order valence-electron chi connectivity index (χ3n) is 2.41. The number of halogens is 2. The molecule has 1 aromatic rings. The fourth-order valence-electron chi connectivity index (χ4n) is 1.44. The van der Waals surface area contributed by atoms with E-state index in [-0.39, 0.29) is 5.56 Å². The maximum absolute atomic E-state index is 13.2.